The molecule has 0 bridgehead atoms. The Morgan fingerprint density at radius 2 is 1.63 bits per heavy atom. The Labute approximate surface area is 288 Å². The maximum absolute atomic E-state index is 13.9. The monoisotopic (exact) mass is 684 g/mol. The molecule has 1 aromatic rings. The number of carbonyl (C=O) groups is 7. The molecule has 1 aliphatic heterocycles. The number of hydrogen-bond acceptors (Lipinski definition) is 8. The third kappa shape index (κ3) is 10.5. The topological polar surface area (TPSA) is 183 Å². The van der Waals surface area contributed by atoms with Crippen molar-refractivity contribution in [2.45, 2.75) is 85.0 Å². The van der Waals surface area contributed by atoms with Crippen molar-refractivity contribution < 1.29 is 38.3 Å². The fourth-order valence-corrected chi connectivity index (χ4v) is 5.87. The van der Waals surface area contributed by atoms with Gasteiger partial charge in [-0.1, -0.05) is 78.3 Å². The van der Waals surface area contributed by atoms with Crippen molar-refractivity contribution in [2.75, 3.05) is 33.8 Å². The van der Waals surface area contributed by atoms with E-state index in [4.69, 9.17) is 4.74 Å². The van der Waals surface area contributed by atoms with Crippen LogP contribution in [0.3, 0.4) is 0 Å². The quantitative estimate of drug-likeness (QED) is 0.201. The normalized spacial score (nSPS) is 19.9. The summed E-state index contributed by atoms with van der Waals surface area (Å²) in [4.78, 5) is 94.6. The molecule has 2 aliphatic rings. The van der Waals surface area contributed by atoms with E-state index in [0.29, 0.717) is 18.5 Å². The second-order valence-electron chi connectivity index (χ2n) is 14.6. The van der Waals surface area contributed by atoms with E-state index in [9.17, 15) is 33.6 Å². The number of hydrogen-bond donors (Lipinski definition) is 4. The van der Waals surface area contributed by atoms with Crippen LogP contribution in [0.1, 0.15) is 72.4 Å². The molecule has 1 heterocycles. The minimum Gasteiger partial charge on any atom is -0.449 e. The summed E-state index contributed by atoms with van der Waals surface area (Å²) in [6, 6.07) is 4.59. The molecular formula is C35H52N6O8. The highest BCUT2D eigenvalue weighted by Crippen LogP contribution is 2.50. The number of ether oxygens (including phenoxy) is 1. The number of benzene rings is 1. The summed E-state index contributed by atoms with van der Waals surface area (Å²) in [5, 5.41) is 10.3. The molecule has 4 N–H and O–H groups in total. The van der Waals surface area contributed by atoms with Crippen LogP contribution in [0, 0.1) is 23.2 Å². The summed E-state index contributed by atoms with van der Waals surface area (Å²) in [7, 11) is 3.11. The predicted octanol–water partition coefficient (Wildman–Crippen LogP) is 1.55. The lowest BCUT2D eigenvalue weighted by molar-refractivity contribution is -0.145. The van der Waals surface area contributed by atoms with Gasteiger partial charge in [-0.05, 0) is 41.6 Å². The number of carbonyl (C=O) groups excluding carboxylic acids is 7. The zero-order valence-corrected chi connectivity index (χ0v) is 29.8. The van der Waals surface area contributed by atoms with Crippen molar-refractivity contribution >= 4 is 41.4 Å². The van der Waals surface area contributed by atoms with E-state index in [-0.39, 0.29) is 36.7 Å². The van der Waals surface area contributed by atoms with Crippen LogP contribution in [0.5, 0.6) is 0 Å². The Kier molecular flexibility index (Phi) is 13.3. The standard InChI is InChI=1S/C35H52N6O8/c1-9-13-24(28(43)31(45)36-17-25(42)38-26(32(46)40(7)8)21-14-11-10-12-15-21)37-30(44)27-23-16-22(23)18-41(27)33(47)29(35(4,5)6)39-34(48)49-19-20(2)3/h10-12,14-15,20,22-24,26-27,29H,9,13,16-19H2,1-8H3,(H,36,45)(H,37,44)(H,38,42)(H,39,48)/t22-,23-,24-,26-,27-,29+/m0/s1. The number of ketones is 1. The average molecular weight is 685 g/mol. The number of alkyl carbamates (subject to hydrolysis) is 1. The van der Waals surface area contributed by atoms with Crippen LogP contribution < -0.4 is 21.3 Å². The van der Waals surface area contributed by atoms with Crippen molar-refractivity contribution in [2.24, 2.45) is 23.2 Å². The molecule has 1 saturated carbocycles. The largest absolute Gasteiger partial charge is 0.449 e. The molecule has 0 spiro atoms. The SMILES string of the molecule is CCC[C@H](NC(=O)[C@@H]1[C@H]2C[C@H]2CN1C(=O)[C@@H](NC(=O)OCC(C)C)C(C)(C)C)C(=O)C(=O)NCC(=O)N[C@H](C(=O)N(C)C)c1ccccc1. The number of nitrogens with one attached hydrogen (secondary N) is 4. The van der Waals surface area contributed by atoms with Gasteiger partial charge in [0.05, 0.1) is 19.2 Å². The lowest BCUT2D eigenvalue weighted by Crippen LogP contribution is -2.60. The van der Waals surface area contributed by atoms with Gasteiger partial charge >= 0.3 is 6.09 Å². The maximum Gasteiger partial charge on any atom is 0.407 e. The second-order valence-corrected chi connectivity index (χ2v) is 14.6. The predicted molar refractivity (Wildman–Crippen MR) is 181 cm³/mol. The van der Waals surface area contributed by atoms with Crippen LogP contribution in [0.25, 0.3) is 0 Å². The van der Waals surface area contributed by atoms with Crippen molar-refractivity contribution in [3.8, 4) is 0 Å². The molecule has 49 heavy (non-hydrogen) atoms. The lowest BCUT2D eigenvalue weighted by Gasteiger charge is -2.36. The fourth-order valence-electron chi connectivity index (χ4n) is 5.87. The second kappa shape index (κ2) is 16.8. The molecule has 2 fully saturated rings. The van der Waals surface area contributed by atoms with Crippen molar-refractivity contribution in [3.05, 3.63) is 35.9 Å². The van der Waals surface area contributed by atoms with E-state index in [1.165, 1.54) is 9.80 Å². The molecule has 1 saturated heterocycles. The Hall–Kier alpha value is -4.49. The fraction of sp³-hybridized carbons (Fsp3) is 0.629. The first kappa shape index (κ1) is 39.0. The highest BCUT2D eigenvalue weighted by Gasteiger charge is 2.58. The maximum atomic E-state index is 13.9. The van der Waals surface area contributed by atoms with Crippen LogP contribution in [-0.4, -0.2) is 103 Å². The molecule has 1 aliphatic carbocycles. The van der Waals surface area contributed by atoms with Crippen LogP contribution in [-0.2, 0) is 33.5 Å². The molecule has 270 valence electrons. The zero-order chi connectivity index (χ0) is 36.6. The Morgan fingerprint density at radius 1 is 0.980 bits per heavy atom. The van der Waals surface area contributed by atoms with E-state index in [0.717, 1.165) is 6.42 Å². The van der Waals surface area contributed by atoms with Crippen molar-refractivity contribution in [1.29, 1.82) is 0 Å². The number of rotatable bonds is 15. The zero-order valence-electron chi connectivity index (χ0n) is 29.8. The Morgan fingerprint density at radius 3 is 2.20 bits per heavy atom. The van der Waals surface area contributed by atoms with Gasteiger partial charge in [-0.3, -0.25) is 28.8 Å². The molecule has 14 nitrogen and oxygen atoms in total. The summed E-state index contributed by atoms with van der Waals surface area (Å²) >= 11 is 0. The number of amides is 6. The summed E-state index contributed by atoms with van der Waals surface area (Å²) in [5.74, 6) is -3.91. The first-order valence-electron chi connectivity index (χ1n) is 16.9. The number of fused-ring (bicyclic) bond motifs is 1. The molecule has 6 amide bonds. The average Bonchev–Trinajstić information content (AvgIpc) is 3.70. The van der Waals surface area contributed by atoms with E-state index in [2.05, 4.69) is 21.3 Å². The Balaban J connectivity index is 1.66. The van der Waals surface area contributed by atoms with Gasteiger partial charge in [0.1, 0.15) is 18.1 Å². The number of piperidine rings is 1. The molecule has 6 atom stereocenters. The van der Waals surface area contributed by atoms with Crippen LogP contribution in [0.2, 0.25) is 0 Å². The molecule has 1 aromatic carbocycles. The van der Waals surface area contributed by atoms with Gasteiger partial charge in [-0.2, -0.15) is 0 Å². The summed E-state index contributed by atoms with van der Waals surface area (Å²) in [5.41, 5.74) is -0.149. The lowest BCUT2D eigenvalue weighted by atomic mass is 9.85. The number of likely N-dealkylation sites (N-methyl/N-ethyl adjacent to an activating group) is 1. The van der Waals surface area contributed by atoms with Crippen LogP contribution >= 0.6 is 0 Å². The summed E-state index contributed by atoms with van der Waals surface area (Å²) in [6.45, 7) is 11.0. The molecular weight excluding hydrogens is 632 g/mol. The van der Waals surface area contributed by atoms with Gasteiger partial charge in [-0.15, -0.1) is 0 Å². The molecule has 0 radical (unpaired) electrons. The highest BCUT2D eigenvalue weighted by atomic mass is 16.5. The minimum atomic E-state index is -1.19. The van der Waals surface area contributed by atoms with E-state index in [1.807, 2.05) is 13.8 Å². The molecule has 3 rings (SSSR count). The van der Waals surface area contributed by atoms with Gasteiger partial charge < -0.3 is 35.8 Å². The first-order valence-corrected chi connectivity index (χ1v) is 16.9. The summed E-state index contributed by atoms with van der Waals surface area (Å²) in [6.07, 6.45) is 0.638. The van der Waals surface area contributed by atoms with Gasteiger partial charge in [-0.25, -0.2) is 4.79 Å². The van der Waals surface area contributed by atoms with Gasteiger partial charge in [0, 0.05) is 20.6 Å². The smallest absolute Gasteiger partial charge is 0.407 e. The van der Waals surface area contributed by atoms with Gasteiger partial charge in [0.15, 0.2) is 0 Å². The molecule has 0 aromatic heterocycles. The minimum absolute atomic E-state index is 0.102. The highest BCUT2D eigenvalue weighted by molar-refractivity contribution is 6.38. The Bertz CT molecular complexity index is 1390. The van der Waals surface area contributed by atoms with Gasteiger partial charge in [0.2, 0.25) is 29.4 Å². The third-order valence-electron chi connectivity index (χ3n) is 8.59. The number of Topliss-reactive ketones (excluding diaryl/α,β-unsaturated/α-hetero) is 1. The molecule has 0 unspecified atom stereocenters. The third-order valence-corrected chi connectivity index (χ3v) is 8.59. The van der Waals surface area contributed by atoms with Crippen LogP contribution in [0.4, 0.5) is 4.79 Å². The van der Waals surface area contributed by atoms with Crippen molar-refractivity contribution in [1.82, 2.24) is 31.1 Å². The number of likely N-dealkylation sites (tertiary alicyclic amines) is 1. The number of nitrogens with zero attached hydrogens (tertiary/aromatic N) is 2. The van der Waals surface area contributed by atoms with Gasteiger partial charge in [0.25, 0.3) is 5.91 Å². The summed E-state index contributed by atoms with van der Waals surface area (Å²) < 4.78 is 5.25. The first-order chi connectivity index (χ1) is 23.0. The van der Waals surface area contributed by atoms with Crippen LogP contribution in [0.15, 0.2) is 30.3 Å². The van der Waals surface area contributed by atoms with Crippen molar-refractivity contribution in [3.63, 3.8) is 0 Å². The molecule has 14 heteroatoms. The van der Waals surface area contributed by atoms with E-state index in [1.54, 1.807) is 72.1 Å². The van der Waals surface area contributed by atoms with E-state index < -0.39 is 71.6 Å². The van der Waals surface area contributed by atoms with E-state index >= 15 is 0 Å².